The fourth-order valence-corrected chi connectivity index (χ4v) is 4.07. The maximum atomic E-state index is 12.9. The number of hydrogen-bond donors (Lipinski definition) is 1. The van der Waals surface area contributed by atoms with E-state index in [0.717, 1.165) is 16.7 Å². The lowest BCUT2D eigenvalue weighted by Gasteiger charge is -2.33. The van der Waals surface area contributed by atoms with Gasteiger partial charge in [0.15, 0.2) is 19.0 Å². The maximum Gasteiger partial charge on any atom is 0.265 e. The number of rotatable bonds is 8. The Morgan fingerprint density at radius 2 is 1.74 bits per heavy atom. The van der Waals surface area contributed by atoms with E-state index >= 15 is 0 Å². The van der Waals surface area contributed by atoms with Crippen LogP contribution in [0.15, 0.2) is 66.7 Å². The van der Waals surface area contributed by atoms with Crippen molar-refractivity contribution in [1.29, 1.82) is 0 Å². The molecule has 4 rings (SSSR count). The molecule has 2 amide bonds. The molecule has 1 aliphatic heterocycles. The largest absolute Gasteiger partial charge is 0.485 e. The molecule has 35 heavy (non-hydrogen) atoms. The molecule has 1 aliphatic rings. The third-order valence-electron chi connectivity index (χ3n) is 5.99. The predicted molar refractivity (Wildman–Crippen MR) is 133 cm³/mol. The van der Waals surface area contributed by atoms with E-state index in [9.17, 15) is 14.4 Å². The number of fused-ring (bicyclic) bond motifs is 1. The highest BCUT2D eigenvalue weighted by atomic mass is 16.5. The standard InChI is InChI=1S/C28H28N2O5/c1-18-8-7-9-19(2)27(18)35-16-24(31)22-12-13-25-23(14-22)30(26(32)17-34-25)20(3)28(33)29-15-21-10-5-4-6-11-21/h4-14,20H,15-17H2,1-3H3,(H,29,33). The van der Waals surface area contributed by atoms with E-state index in [0.29, 0.717) is 29.3 Å². The summed E-state index contributed by atoms with van der Waals surface area (Å²) in [7, 11) is 0. The number of Topliss-reactive ketones (excluding diaryl/α,β-unsaturated/α-hetero) is 1. The van der Waals surface area contributed by atoms with Gasteiger partial charge in [-0.2, -0.15) is 0 Å². The highest BCUT2D eigenvalue weighted by Gasteiger charge is 2.33. The molecule has 0 aromatic heterocycles. The van der Waals surface area contributed by atoms with E-state index in [-0.39, 0.29) is 30.8 Å². The van der Waals surface area contributed by atoms with Gasteiger partial charge in [-0.3, -0.25) is 19.3 Å². The van der Waals surface area contributed by atoms with Crippen LogP contribution >= 0.6 is 0 Å². The normalized spacial score (nSPS) is 13.5. The summed E-state index contributed by atoms with van der Waals surface area (Å²) >= 11 is 0. The van der Waals surface area contributed by atoms with Gasteiger partial charge in [-0.1, -0.05) is 48.5 Å². The Labute approximate surface area is 204 Å². The number of anilines is 1. The summed E-state index contributed by atoms with van der Waals surface area (Å²) < 4.78 is 11.4. The van der Waals surface area contributed by atoms with E-state index in [1.807, 2.05) is 62.4 Å². The van der Waals surface area contributed by atoms with Crippen LogP contribution in [-0.2, 0) is 16.1 Å². The number of carbonyl (C=O) groups excluding carboxylic acids is 3. The third kappa shape index (κ3) is 5.35. The Balaban J connectivity index is 1.50. The van der Waals surface area contributed by atoms with Crippen molar-refractivity contribution in [1.82, 2.24) is 5.32 Å². The monoisotopic (exact) mass is 472 g/mol. The van der Waals surface area contributed by atoms with Gasteiger partial charge >= 0.3 is 0 Å². The lowest BCUT2D eigenvalue weighted by molar-refractivity contribution is -0.127. The molecule has 0 radical (unpaired) electrons. The van der Waals surface area contributed by atoms with Gasteiger partial charge in [0, 0.05) is 12.1 Å². The number of carbonyl (C=O) groups is 3. The molecule has 7 nitrogen and oxygen atoms in total. The number of hydrogen-bond acceptors (Lipinski definition) is 5. The molecule has 180 valence electrons. The second-order valence-corrected chi connectivity index (χ2v) is 8.55. The Bertz CT molecular complexity index is 1240. The first kappa shape index (κ1) is 24.0. The molecule has 1 atom stereocenters. The van der Waals surface area contributed by atoms with Crippen molar-refractivity contribution >= 4 is 23.3 Å². The first-order chi connectivity index (χ1) is 16.8. The molecule has 0 bridgehead atoms. The van der Waals surface area contributed by atoms with Crippen molar-refractivity contribution in [3.05, 3.63) is 89.0 Å². The van der Waals surface area contributed by atoms with Gasteiger partial charge in [0.25, 0.3) is 5.91 Å². The van der Waals surface area contributed by atoms with Crippen LogP contribution in [-0.4, -0.2) is 36.9 Å². The minimum Gasteiger partial charge on any atom is -0.485 e. The average Bonchev–Trinajstić information content (AvgIpc) is 2.86. The number of ether oxygens (including phenoxy) is 2. The van der Waals surface area contributed by atoms with Crippen molar-refractivity contribution in [2.45, 2.75) is 33.4 Å². The minimum atomic E-state index is -0.787. The molecule has 0 aliphatic carbocycles. The van der Waals surface area contributed by atoms with Crippen LogP contribution in [0.3, 0.4) is 0 Å². The van der Waals surface area contributed by atoms with E-state index in [1.54, 1.807) is 25.1 Å². The molecule has 0 fully saturated rings. The smallest absolute Gasteiger partial charge is 0.265 e. The summed E-state index contributed by atoms with van der Waals surface area (Å²) in [5.41, 5.74) is 3.61. The second kappa shape index (κ2) is 10.4. The van der Waals surface area contributed by atoms with Crippen molar-refractivity contribution < 1.29 is 23.9 Å². The number of para-hydroxylation sites is 1. The van der Waals surface area contributed by atoms with Crippen LogP contribution in [0.4, 0.5) is 5.69 Å². The zero-order valence-electron chi connectivity index (χ0n) is 20.0. The summed E-state index contributed by atoms with van der Waals surface area (Å²) in [4.78, 5) is 40.0. The summed E-state index contributed by atoms with van der Waals surface area (Å²) in [5.74, 6) is 0.234. The Kier molecular flexibility index (Phi) is 7.15. The topological polar surface area (TPSA) is 84.9 Å². The zero-order valence-corrected chi connectivity index (χ0v) is 20.0. The van der Waals surface area contributed by atoms with Crippen LogP contribution < -0.4 is 19.7 Å². The van der Waals surface area contributed by atoms with E-state index in [1.165, 1.54) is 4.90 Å². The highest BCUT2D eigenvalue weighted by Crippen LogP contribution is 2.34. The molecule has 0 spiro atoms. The van der Waals surface area contributed by atoms with Crippen LogP contribution in [0.25, 0.3) is 0 Å². The van der Waals surface area contributed by atoms with E-state index < -0.39 is 6.04 Å². The first-order valence-electron chi connectivity index (χ1n) is 11.5. The lowest BCUT2D eigenvalue weighted by Crippen LogP contribution is -2.51. The van der Waals surface area contributed by atoms with Gasteiger partial charge < -0.3 is 14.8 Å². The number of aryl methyl sites for hydroxylation is 2. The third-order valence-corrected chi connectivity index (χ3v) is 5.99. The van der Waals surface area contributed by atoms with Gasteiger partial charge in [-0.15, -0.1) is 0 Å². The van der Waals surface area contributed by atoms with Crippen LogP contribution in [0.1, 0.15) is 34.0 Å². The number of benzene rings is 3. The average molecular weight is 473 g/mol. The molecular formula is C28H28N2O5. The summed E-state index contributed by atoms with van der Waals surface area (Å²) in [6.07, 6.45) is 0. The minimum absolute atomic E-state index is 0.146. The number of nitrogens with one attached hydrogen (secondary N) is 1. The number of nitrogens with zero attached hydrogens (tertiary/aromatic N) is 1. The summed E-state index contributed by atoms with van der Waals surface area (Å²) in [6, 6.07) is 19.4. The van der Waals surface area contributed by atoms with Crippen molar-refractivity contribution in [3.63, 3.8) is 0 Å². The van der Waals surface area contributed by atoms with Gasteiger partial charge in [-0.25, -0.2) is 0 Å². The molecule has 1 unspecified atom stereocenters. The molecule has 0 saturated carbocycles. The van der Waals surface area contributed by atoms with Gasteiger partial charge in [-0.05, 0) is 55.7 Å². The van der Waals surface area contributed by atoms with Crippen molar-refractivity contribution in [3.8, 4) is 11.5 Å². The lowest BCUT2D eigenvalue weighted by atomic mass is 10.1. The van der Waals surface area contributed by atoms with E-state index in [4.69, 9.17) is 9.47 Å². The SMILES string of the molecule is Cc1cccc(C)c1OCC(=O)c1ccc2c(c1)N(C(C)C(=O)NCc1ccccc1)C(=O)CO2. The van der Waals surface area contributed by atoms with Crippen LogP contribution in [0, 0.1) is 13.8 Å². The maximum absolute atomic E-state index is 12.9. The fraction of sp³-hybridized carbons (Fsp3) is 0.250. The first-order valence-corrected chi connectivity index (χ1v) is 11.5. The zero-order chi connectivity index (χ0) is 24.9. The number of ketones is 1. The molecule has 1 N–H and O–H groups in total. The van der Waals surface area contributed by atoms with Gasteiger partial charge in [0.2, 0.25) is 5.91 Å². The van der Waals surface area contributed by atoms with Crippen molar-refractivity contribution in [2.24, 2.45) is 0 Å². The molecular weight excluding hydrogens is 444 g/mol. The molecule has 1 heterocycles. The van der Waals surface area contributed by atoms with Gasteiger partial charge in [0.05, 0.1) is 5.69 Å². The van der Waals surface area contributed by atoms with E-state index in [2.05, 4.69) is 5.32 Å². The Morgan fingerprint density at radius 3 is 2.46 bits per heavy atom. The highest BCUT2D eigenvalue weighted by molar-refractivity contribution is 6.05. The Hall–Kier alpha value is -4.13. The quantitative estimate of drug-likeness (QED) is 0.501. The second-order valence-electron chi connectivity index (χ2n) is 8.55. The predicted octanol–water partition coefficient (Wildman–Crippen LogP) is 4.00. The molecule has 3 aromatic carbocycles. The molecule has 0 saturated heterocycles. The Morgan fingerprint density at radius 1 is 1.03 bits per heavy atom. The van der Waals surface area contributed by atoms with Crippen LogP contribution in [0.5, 0.6) is 11.5 Å². The molecule has 7 heteroatoms. The van der Waals surface area contributed by atoms with Crippen molar-refractivity contribution in [2.75, 3.05) is 18.1 Å². The summed E-state index contributed by atoms with van der Waals surface area (Å²) in [5, 5.41) is 2.87. The van der Waals surface area contributed by atoms with Gasteiger partial charge in [0.1, 0.15) is 17.5 Å². The summed E-state index contributed by atoms with van der Waals surface area (Å²) in [6.45, 7) is 5.54. The fourth-order valence-electron chi connectivity index (χ4n) is 4.07. The molecule has 3 aromatic rings. The van der Waals surface area contributed by atoms with Crippen LogP contribution in [0.2, 0.25) is 0 Å². The number of amides is 2.